The highest BCUT2D eigenvalue weighted by Gasteiger charge is 1.95. The average Bonchev–Trinajstić information content (AvgIpc) is 2.26. The Labute approximate surface area is 83.2 Å². The van der Waals surface area contributed by atoms with Gasteiger partial charge in [0.05, 0.1) is 0 Å². The molecule has 0 spiro atoms. The fraction of sp³-hybridized carbons (Fsp3) is 0.250. The normalized spacial score (nSPS) is 10.6. The van der Waals surface area contributed by atoms with Gasteiger partial charge in [0.1, 0.15) is 0 Å². The van der Waals surface area contributed by atoms with Crippen LogP contribution in [-0.4, -0.2) is 16.7 Å². The Balaban J connectivity index is 2.32. The molecule has 0 saturated carbocycles. The number of aromatic nitrogens is 1. The Kier molecular flexibility index (Phi) is 2.75. The lowest BCUT2D eigenvalue weighted by Crippen LogP contribution is -1.89. The van der Waals surface area contributed by atoms with Crippen LogP contribution in [0.5, 0.6) is 0 Å². The third-order valence-electron chi connectivity index (χ3n) is 2.33. The minimum Gasteiger partial charge on any atom is -0.396 e. The van der Waals surface area contributed by atoms with E-state index in [-0.39, 0.29) is 6.61 Å². The van der Waals surface area contributed by atoms with Crippen molar-refractivity contribution >= 4 is 10.8 Å². The highest BCUT2D eigenvalue weighted by molar-refractivity contribution is 5.81. The van der Waals surface area contributed by atoms with E-state index in [1.807, 2.05) is 12.3 Å². The van der Waals surface area contributed by atoms with Crippen LogP contribution < -0.4 is 0 Å². The molecule has 2 rings (SSSR count). The zero-order valence-corrected chi connectivity index (χ0v) is 7.98. The highest BCUT2D eigenvalue weighted by atomic mass is 16.2. The number of hydrogen-bond donors (Lipinski definition) is 1. The molecule has 1 heterocycles. The third kappa shape index (κ3) is 1.91. The van der Waals surface area contributed by atoms with Crippen LogP contribution >= 0.6 is 0 Å². The van der Waals surface area contributed by atoms with Crippen molar-refractivity contribution in [3.63, 3.8) is 0 Å². The zero-order valence-electron chi connectivity index (χ0n) is 7.98. The lowest BCUT2D eigenvalue weighted by molar-refractivity contribution is 0.288. The lowest BCUT2D eigenvalue weighted by Gasteiger charge is -2.01. The largest absolute Gasteiger partial charge is 0.396 e. The van der Waals surface area contributed by atoms with Crippen LogP contribution in [0, 0.1) is 0 Å². The van der Waals surface area contributed by atoms with E-state index in [4.69, 9.17) is 5.11 Å². The third-order valence-corrected chi connectivity index (χ3v) is 2.33. The van der Waals surface area contributed by atoms with Gasteiger partial charge >= 0.3 is 0 Å². The fourth-order valence-electron chi connectivity index (χ4n) is 1.57. The molecule has 1 aromatic heterocycles. The minimum absolute atomic E-state index is 0.258. The second-order valence-corrected chi connectivity index (χ2v) is 3.38. The lowest BCUT2D eigenvalue weighted by atomic mass is 10.1. The summed E-state index contributed by atoms with van der Waals surface area (Å²) < 4.78 is 0. The van der Waals surface area contributed by atoms with Gasteiger partial charge in [-0.2, -0.15) is 0 Å². The molecule has 0 fully saturated rings. The molecule has 0 amide bonds. The maximum absolute atomic E-state index is 8.73. The number of fused-ring (bicyclic) bond motifs is 1. The van der Waals surface area contributed by atoms with Crippen molar-refractivity contribution in [2.45, 2.75) is 12.8 Å². The number of rotatable bonds is 3. The van der Waals surface area contributed by atoms with Crippen molar-refractivity contribution in [3.05, 3.63) is 42.2 Å². The highest BCUT2D eigenvalue weighted by Crippen LogP contribution is 2.15. The first-order valence-corrected chi connectivity index (χ1v) is 4.83. The van der Waals surface area contributed by atoms with Crippen LogP contribution in [0.1, 0.15) is 12.0 Å². The number of nitrogens with zero attached hydrogens (tertiary/aromatic N) is 1. The van der Waals surface area contributed by atoms with E-state index < -0.39 is 0 Å². The van der Waals surface area contributed by atoms with Gasteiger partial charge in [0.2, 0.25) is 0 Å². The molecular weight excluding hydrogens is 174 g/mol. The van der Waals surface area contributed by atoms with Gasteiger partial charge in [-0.25, -0.2) is 0 Å². The predicted octanol–water partition coefficient (Wildman–Crippen LogP) is 2.16. The number of aliphatic hydroxyl groups excluding tert-OH is 1. The summed E-state index contributed by atoms with van der Waals surface area (Å²) in [5.74, 6) is 0. The van der Waals surface area contributed by atoms with E-state index >= 15 is 0 Å². The molecule has 2 heteroatoms. The second-order valence-electron chi connectivity index (χ2n) is 3.38. The van der Waals surface area contributed by atoms with Crippen LogP contribution in [0.25, 0.3) is 10.8 Å². The van der Waals surface area contributed by atoms with Gasteiger partial charge in [0.25, 0.3) is 0 Å². The summed E-state index contributed by atoms with van der Waals surface area (Å²) in [6, 6.07) is 8.35. The van der Waals surface area contributed by atoms with Gasteiger partial charge in [0, 0.05) is 24.4 Å². The summed E-state index contributed by atoms with van der Waals surface area (Å²) >= 11 is 0. The number of pyridine rings is 1. The van der Waals surface area contributed by atoms with Gasteiger partial charge in [0.15, 0.2) is 0 Å². The van der Waals surface area contributed by atoms with E-state index in [1.54, 1.807) is 6.20 Å². The van der Waals surface area contributed by atoms with Crippen molar-refractivity contribution in [2.24, 2.45) is 0 Å². The molecule has 0 aliphatic heterocycles. The van der Waals surface area contributed by atoms with Gasteiger partial charge in [-0.05, 0) is 29.9 Å². The Morgan fingerprint density at radius 1 is 1.14 bits per heavy atom. The van der Waals surface area contributed by atoms with Crippen LogP contribution in [-0.2, 0) is 6.42 Å². The molecule has 1 aromatic carbocycles. The summed E-state index contributed by atoms with van der Waals surface area (Å²) in [5.41, 5.74) is 1.28. The number of aryl methyl sites for hydroxylation is 1. The molecule has 72 valence electrons. The maximum Gasteiger partial charge on any atom is 0.0434 e. The van der Waals surface area contributed by atoms with Gasteiger partial charge < -0.3 is 5.11 Å². The zero-order chi connectivity index (χ0) is 9.80. The molecule has 0 radical (unpaired) electrons. The van der Waals surface area contributed by atoms with E-state index in [2.05, 4.69) is 23.2 Å². The molecule has 1 N–H and O–H groups in total. The van der Waals surface area contributed by atoms with Crippen LogP contribution in [0.15, 0.2) is 36.7 Å². The van der Waals surface area contributed by atoms with Crippen LogP contribution in [0.2, 0.25) is 0 Å². The summed E-state index contributed by atoms with van der Waals surface area (Å²) in [7, 11) is 0. The van der Waals surface area contributed by atoms with Gasteiger partial charge in [-0.1, -0.05) is 18.2 Å². The van der Waals surface area contributed by atoms with E-state index in [0.717, 1.165) is 12.8 Å². The van der Waals surface area contributed by atoms with E-state index in [1.165, 1.54) is 16.3 Å². The Morgan fingerprint density at radius 3 is 2.93 bits per heavy atom. The molecule has 0 saturated heterocycles. The van der Waals surface area contributed by atoms with E-state index in [9.17, 15) is 0 Å². The van der Waals surface area contributed by atoms with E-state index in [0.29, 0.717) is 0 Å². The Hall–Kier alpha value is -1.41. The number of benzene rings is 1. The maximum atomic E-state index is 8.73. The Bertz CT molecular complexity index is 425. The standard InChI is InChI=1S/C12H13NO/c14-7-1-2-10-3-4-12-9-13-6-5-11(12)8-10/h3-6,8-9,14H,1-2,7H2. The van der Waals surface area contributed by atoms with Crippen LogP contribution in [0.3, 0.4) is 0 Å². The molecule has 0 aliphatic carbocycles. The molecule has 0 atom stereocenters. The van der Waals surface area contributed by atoms with Crippen LogP contribution in [0.4, 0.5) is 0 Å². The summed E-state index contributed by atoms with van der Waals surface area (Å²) in [5, 5.41) is 11.1. The van der Waals surface area contributed by atoms with Crippen molar-refractivity contribution < 1.29 is 5.11 Å². The van der Waals surface area contributed by atoms with Crippen molar-refractivity contribution in [2.75, 3.05) is 6.61 Å². The number of aliphatic hydroxyl groups is 1. The van der Waals surface area contributed by atoms with Crippen molar-refractivity contribution in [1.82, 2.24) is 4.98 Å². The average molecular weight is 187 g/mol. The minimum atomic E-state index is 0.258. The summed E-state index contributed by atoms with van der Waals surface area (Å²) in [6.45, 7) is 0.258. The fourth-order valence-corrected chi connectivity index (χ4v) is 1.57. The first-order chi connectivity index (χ1) is 6.90. The Morgan fingerprint density at radius 2 is 2.07 bits per heavy atom. The smallest absolute Gasteiger partial charge is 0.0434 e. The molecular formula is C12H13NO. The quantitative estimate of drug-likeness (QED) is 0.798. The summed E-state index contributed by atoms with van der Waals surface area (Å²) in [6.07, 6.45) is 5.44. The second kappa shape index (κ2) is 4.20. The summed E-state index contributed by atoms with van der Waals surface area (Å²) in [4.78, 5) is 4.06. The first kappa shape index (κ1) is 9.16. The monoisotopic (exact) mass is 187 g/mol. The van der Waals surface area contributed by atoms with Gasteiger partial charge in [-0.3, -0.25) is 4.98 Å². The molecule has 2 aromatic rings. The SMILES string of the molecule is OCCCc1ccc2cnccc2c1. The topological polar surface area (TPSA) is 33.1 Å². The molecule has 0 bridgehead atoms. The molecule has 14 heavy (non-hydrogen) atoms. The molecule has 0 unspecified atom stereocenters. The first-order valence-electron chi connectivity index (χ1n) is 4.83. The van der Waals surface area contributed by atoms with Crippen molar-refractivity contribution in [3.8, 4) is 0 Å². The van der Waals surface area contributed by atoms with Gasteiger partial charge in [-0.15, -0.1) is 0 Å². The molecule has 0 aliphatic rings. The number of hydrogen-bond acceptors (Lipinski definition) is 2. The predicted molar refractivity (Wildman–Crippen MR) is 57.1 cm³/mol. The van der Waals surface area contributed by atoms with Crippen molar-refractivity contribution in [1.29, 1.82) is 0 Å². The molecule has 2 nitrogen and oxygen atoms in total.